The monoisotopic (exact) mass is 373 g/mol. The first-order valence-corrected chi connectivity index (χ1v) is 8.38. The molecule has 3 heteroatoms. The quantitative estimate of drug-likeness (QED) is 0.700. The van der Waals surface area contributed by atoms with Crippen LogP contribution in [0.5, 0.6) is 0 Å². The van der Waals surface area contributed by atoms with Crippen LogP contribution in [0.3, 0.4) is 0 Å². The van der Waals surface area contributed by atoms with Gasteiger partial charge in [-0.2, -0.15) is 0 Å². The number of nitrogens with one attached hydrogen (secondary N) is 1. The van der Waals surface area contributed by atoms with Gasteiger partial charge in [0.15, 0.2) is 0 Å². The van der Waals surface area contributed by atoms with E-state index in [-0.39, 0.29) is 0 Å². The molecule has 0 aromatic heterocycles. The van der Waals surface area contributed by atoms with Gasteiger partial charge in [0.25, 0.3) is 0 Å². The summed E-state index contributed by atoms with van der Waals surface area (Å²) in [5.41, 5.74) is 1.22. The van der Waals surface area contributed by atoms with E-state index in [4.69, 9.17) is 0 Å². The van der Waals surface area contributed by atoms with Crippen LogP contribution in [0.2, 0.25) is 0 Å². The number of benzene rings is 1. The van der Waals surface area contributed by atoms with Crippen molar-refractivity contribution in [1.29, 1.82) is 0 Å². The highest BCUT2D eigenvalue weighted by molar-refractivity contribution is 9.11. The summed E-state index contributed by atoms with van der Waals surface area (Å²) in [6.45, 7) is 4.70. The number of anilines is 1. The summed E-state index contributed by atoms with van der Waals surface area (Å²) in [5, 5.41) is 3.74. The van der Waals surface area contributed by atoms with Gasteiger partial charge in [-0.3, -0.25) is 0 Å². The second-order valence-corrected chi connectivity index (χ2v) is 7.34. The molecule has 0 spiro atoms. The van der Waals surface area contributed by atoms with E-state index in [2.05, 4.69) is 69.2 Å². The molecule has 1 nitrogen and oxygen atoms in total. The molecule has 1 N–H and O–H groups in total. The molecule has 2 unspecified atom stereocenters. The summed E-state index contributed by atoms with van der Waals surface area (Å²) in [6.07, 6.45) is 5.41. The molecule has 1 aromatic rings. The smallest absolute Gasteiger partial charge is 0.0487 e. The maximum Gasteiger partial charge on any atom is 0.0487 e. The van der Waals surface area contributed by atoms with Crippen molar-refractivity contribution in [2.45, 2.75) is 45.6 Å². The molecule has 0 bridgehead atoms. The van der Waals surface area contributed by atoms with Crippen molar-refractivity contribution in [2.24, 2.45) is 11.8 Å². The Hall–Kier alpha value is -0.0200. The van der Waals surface area contributed by atoms with Gasteiger partial charge in [-0.15, -0.1) is 0 Å². The molecule has 0 amide bonds. The van der Waals surface area contributed by atoms with Gasteiger partial charge in [-0.25, -0.2) is 0 Å². The Morgan fingerprint density at radius 3 is 2.56 bits per heavy atom. The van der Waals surface area contributed by atoms with E-state index >= 15 is 0 Å². The largest absolute Gasteiger partial charge is 0.381 e. The highest BCUT2D eigenvalue weighted by Crippen LogP contribution is 2.34. The van der Waals surface area contributed by atoms with Crippen molar-refractivity contribution in [1.82, 2.24) is 0 Å². The Morgan fingerprint density at radius 1 is 1.17 bits per heavy atom. The standard InChI is InChI=1S/C15H21Br2N/c1-10(2)12-5-3-4-6-14(12)18-15-8-7-11(16)9-13(15)17/h7-10,12,14,18H,3-6H2,1-2H3. The van der Waals surface area contributed by atoms with Crippen molar-refractivity contribution in [3.63, 3.8) is 0 Å². The van der Waals surface area contributed by atoms with Crippen LogP contribution >= 0.6 is 31.9 Å². The van der Waals surface area contributed by atoms with E-state index < -0.39 is 0 Å². The molecule has 1 aliphatic carbocycles. The number of hydrogen-bond donors (Lipinski definition) is 1. The van der Waals surface area contributed by atoms with Crippen LogP contribution in [-0.4, -0.2) is 6.04 Å². The highest BCUT2D eigenvalue weighted by Gasteiger charge is 2.27. The van der Waals surface area contributed by atoms with Gasteiger partial charge in [0, 0.05) is 20.7 Å². The van der Waals surface area contributed by atoms with Crippen LogP contribution in [0.25, 0.3) is 0 Å². The fraction of sp³-hybridized carbons (Fsp3) is 0.600. The van der Waals surface area contributed by atoms with E-state index in [1.807, 2.05) is 0 Å². The van der Waals surface area contributed by atoms with Crippen molar-refractivity contribution in [3.05, 3.63) is 27.1 Å². The summed E-state index contributed by atoms with van der Waals surface area (Å²) >= 11 is 7.14. The summed E-state index contributed by atoms with van der Waals surface area (Å²) in [7, 11) is 0. The predicted octanol–water partition coefficient (Wildman–Crippen LogP) is 5.84. The fourth-order valence-electron chi connectivity index (χ4n) is 2.94. The molecular formula is C15H21Br2N. The van der Waals surface area contributed by atoms with E-state index in [0.29, 0.717) is 6.04 Å². The van der Waals surface area contributed by atoms with Gasteiger partial charge in [0.2, 0.25) is 0 Å². The molecule has 0 radical (unpaired) electrons. The average molecular weight is 375 g/mol. The van der Waals surface area contributed by atoms with E-state index in [1.54, 1.807) is 0 Å². The van der Waals surface area contributed by atoms with Crippen molar-refractivity contribution in [2.75, 3.05) is 5.32 Å². The third-order valence-corrected chi connectivity index (χ3v) is 5.10. The second-order valence-electron chi connectivity index (χ2n) is 5.57. The molecule has 1 fully saturated rings. The first-order valence-electron chi connectivity index (χ1n) is 6.79. The molecule has 100 valence electrons. The van der Waals surface area contributed by atoms with Gasteiger partial charge in [-0.05, 0) is 58.8 Å². The van der Waals surface area contributed by atoms with Gasteiger partial charge in [0.1, 0.15) is 0 Å². The Balaban J connectivity index is 2.11. The Bertz CT molecular complexity index is 403. The van der Waals surface area contributed by atoms with Crippen LogP contribution in [0.15, 0.2) is 27.1 Å². The van der Waals surface area contributed by atoms with Crippen LogP contribution < -0.4 is 5.32 Å². The average Bonchev–Trinajstić information content (AvgIpc) is 2.33. The minimum Gasteiger partial charge on any atom is -0.381 e. The first kappa shape index (κ1) is 14.4. The SMILES string of the molecule is CC(C)C1CCCCC1Nc1ccc(Br)cc1Br. The van der Waals surface area contributed by atoms with Crippen LogP contribution in [0.4, 0.5) is 5.69 Å². The lowest BCUT2D eigenvalue weighted by Gasteiger charge is -2.35. The lowest BCUT2D eigenvalue weighted by Crippen LogP contribution is -2.35. The molecule has 2 rings (SSSR count). The molecule has 1 aliphatic rings. The van der Waals surface area contributed by atoms with Gasteiger partial charge in [0.05, 0.1) is 0 Å². The van der Waals surface area contributed by atoms with E-state index in [1.165, 1.54) is 31.4 Å². The van der Waals surface area contributed by atoms with Crippen LogP contribution in [0.1, 0.15) is 39.5 Å². The number of hydrogen-bond acceptors (Lipinski definition) is 1. The number of rotatable bonds is 3. The molecule has 0 saturated heterocycles. The normalized spacial score (nSPS) is 24.3. The third kappa shape index (κ3) is 3.51. The first-order chi connectivity index (χ1) is 8.58. The van der Waals surface area contributed by atoms with Gasteiger partial charge in [-0.1, -0.05) is 42.6 Å². The Morgan fingerprint density at radius 2 is 1.89 bits per heavy atom. The lowest BCUT2D eigenvalue weighted by atomic mass is 9.78. The molecule has 2 atom stereocenters. The predicted molar refractivity (Wildman–Crippen MR) is 86.0 cm³/mol. The van der Waals surface area contributed by atoms with E-state index in [9.17, 15) is 0 Å². The molecular weight excluding hydrogens is 354 g/mol. The summed E-state index contributed by atoms with van der Waals surface area (Å²) in [4.78, 5) is 0. The zero-order valence-corrected chi connectivity index (χ0v) is 14.2. The molecule has 1 saturated carbocycles. The summed E-state index contributed by atoms with van der Waals surface area (Å²) in [6, 6.07) is 6.98. The summed E-state index contributed by atoms with van der Waals surface area (Å²) in [5.74, 6) is 1.56. The molecule has 0 heterocycles. The molecule has 0 aliphatic heterocycles. The Labute approximate surface area is 127 Å². The fourth-order valence-corrected chi connectivity index (χ4v) is 4.10. The minimum absolute atomic E-state index is 0.622. The number of halogens is 2. The van der Waals surface area contributed by atoms with Crippen LogP contribution in [0, 0.1) is 11.8 Å². The van der Waals surface area contributed by atoms with E-state index in [0.717, 1.165) is 20.8 Å². The topological polar surface area (TPSA) is 12.0 Å². The maximum atomic E-state index is 3.74. The molecule has 1 aromatic carbocycles. The highest BCUT2D eigenvalue weighted by atomic mass is 79.9. The summed E-state index contributed by atoms with van der Waals surface area (Å²) < 4.78 is 2.26. The van der Waals surface area contributed by atoms with Crippen molar-refractivity contribution >= 4 is 37.5 Å². The van der Waals surface area contributed by atoms with Crippen molar-refractivity contribution < 1.29 is 0 Å². The van der Waals surface area contributed by atoms with Gasteiger partial charge < -0.3 is 5.32 Å². The zero-order valence-electron chi connectivity index (χ0n) is 11.0. The molecule has 18 heavy (non-hydrogen) atoms. The maximum absolute atomic E-state index is 3.74. The van der Waals surface area contributed by atoms with Crippen LogP contribution in [-0.2, 0) is 0 Å². The third-order valence-electron chi connectivity index (χ3n) is 3.95. The Kier molecular flexibility index (Phi) is 5.14. The lowest BCUT2D eigenvalue weighted by molar-refractivity contribution is 0.254. The zero-order chi connectivity index (χ0) is 13.1. The second kappa shape index (κ2) is 6.42. The van der Waals surface area contributed by atoms with Crippen molar-refractivity contribution in [3.8, 4) is 0 Å². The minimum atomic E-state index is 0.622. The van der Waals surface area contributed by atoms with Gasteiger partial charge >= 0.3 is 0 Å².